The molecule has 0 aliphatic rings. The fraction of sp³-hybridized carbons (Fsp3) is 0.263. The molecule has 2 rings (SSSR count). The number of allylic oxidation sites excluding steroid dienone is 1. The van der Waals surface area contributed by atoms with Gasteiger partial charge in [0, 0.05) is 19.2 Å². The number of phenolic OH excluding ortho intramolecular Hbond substituents is 2. The molecule has 0 heterocycles. The first kappa shape index (κ1) is 22.0. The Morgan fingerprint density at radius 2 is 1.40 bits per heavy atom. The highest BCUT2D eigenvalue weighted by molar-refractivity contribution is 5.95. The highest BCUT2D eigenvalue weighted by Crippen LogP contribution is 2.42. The van der Waals surface area contributed by atoms with E-state index in [-0.39, 0.29) is 17.4 Å². The Labute approximate surface area is 146 Å². The van der Waals surface area contributed by atoms with E-state index in [1.807, 2.05) is 44.2 Å². The third-order valence-corrected chi connectivity index (χ3v) is 3.26. The second kappa shape index (κ2) is 9.97. The van der Waals surface area contributed by atoms with Crippen molar-refractivity contribution in [1.82, 2.24) is 0 Å². The van der Waals surface area contributed by atoms with Gasteiger partial charge in [-0.1, -0.05) is 37.3 Å². The van der Waals surface area contributed by atoms with E-state index >= 15 is 0 Å². The highest BCUT2D eigenvalue weighted by atomic mass is 16.4. The Bertz CT molecular complexity index is 744. The van der Waals surface area contributed by atoms with Crippen molar-refractivity contribution >= 4 is 22.7 Å². The van der Waals surface area contributed by atoms with Crippen LogP contribution < -0.4 is 0 Å². The topological polar surface area (TPSA) is 115 Å². The summed E-state index contributed by atoms with van der Waals surface area (Å²) in [6.07, 6.45) is 1.84. The van der Waals surface area contributed by atoms with Crippen LogP contribution in [0.4, 0.5) is 0 Å². The second-order valence-corrected chi connectivity index (χ2v) is 5.34. The maximum atomic E-state index is 9.95. The van der Waals surface area contributed by atoms with Crippen LogP contribution in [0.15, 0.2) is 36.9 Å². The summed E-state index contributed by atoms with van der Waals surface area (Å²) in [5, 5.41) is 36.4. The first-order valence-corrected chi connectivity index (χ1v) is 7.49. The minimum absolute atomic E-state index is 0.0348. The van der Waals surface area contributed by atoms with Gasteiger partial charge in [0.1, 0.15) is 0 Å². The van der Waals surface area contributed by atoms with Crippen LogP contribution in [0.5, 0.6) is 11.5 Å². The third kappa shape index (κ3) is 6.55. The van der Waals surface area contributed by atoms with Gasteiger partial charge in [0.15, 0.2) is 11.5 Å². The first-order chi connectivity index (χ1) is 11.5. The standard InChI is InChI=1S/C15H16O2.2C2H4O2/c1-4-9(2)13-10(3)14(16)15(17)12-8-6-5-7-11(12)13;2*1-2(3)4/h4-9,16-17H,1H2,2-3H3;2*1H3,(H,3,4). The highest BCUT2D eigenvalue weighted by Gasteiger charge is 2.17. The van der Waals surface area contributed by atoms with Gasteiger partial charge in [0.25, 0.3) is 11.9 Å². The van der Waals surface area contributed by atoms with E-state index < -0.39 is 11.9 Å². The van der Waals surface area contributed by atoms with Gasteiger partial charge in [-0.3, -0.25) is 9.59 Å². The summed E-state index contributed by atoms with van der Waals surface area (Å²) in [4.78, 5) is 18.0. The van der Waals surface area contributed by atoms with Crippen LogP contribution in [0.3, 0.4) is 0 Å². The van der Waals surface area contributed by atoms with Crippen LogP contribution in [-0.2, 0) is 9.59 Å². The van der Waals surface area contributed by atoms with Gasteiger partial charge in [-0.05, 0) is 29.4 Å². The molecule has 0 amide bonds. The van der Waals surface area contributed by atoms with Crippen LogP contribution in [0.1, 0.15) is 37.8 Å². The van der Waals surface area contributed by atoms with Crippen molar-refractivity contribution < 1.29 is 30.0 Å². The number of hydrogen-bond acceptors (Lipinski definition) is 4. The van der Waals surface area contributed by atoms with E-state index in [0.29, 0.717) is 10.9 Å². The number of aliphatic carboxylic acids is 2. The van der Waals surface area contributed by atoms with E-state index in [1.54, 1.807) is 0 Å². The molecule has 0 saturated heterocycles. The summed E-state index contributed by atoms with van der Waals surface area (Å²) in [6.45, 7) is 9.80. The molecule has 0 aliphatic carbocycles. The average Bonchev–Trinajstić information content (AvgIpc) is 2.51. The number of fused-ring (bicyclic) bond motifs is 1. The van der Waals surface area contributed by atoms with Crippen LogP contribution >= 0.6 is 0 Å². The molecule has 0 aromatic heterocycles. The quantitative estimate of drug-likeness (QED) is 0.481. The van der Waals surface area contributed by atoms with Gasteiger partial charge < -0.3 is 20.4 Å². The number of phenols is 2. The average molecular weight is 348 g/mol. The lowest BCUT2D eigenvalue weighted by Crippen LogP contribution is -1.96. The molecular formula is C19H24O6. The Kier molecular flexibility index (Phi) is 8.77. The van der Waals surface area contributed by atoms with Gasteiger partial charge in [-0.25, -0.2) is 0 Å². The van der Waals surface area contributed by atoms with Crippen LogP contribution in [0.2, 0.25) is 0 Å². The first-order valence-electron chi connectivity index (χ1n) is 7.49. The van der Waals surface area contributed by atoms with Crippen LogP contribution in [0.25, 0.3) is 10.8 Å². The molecular weight excluding hydrogens is 324 g/mol. The Balaban J connectivity index is 0.000000609. The molecule has 136 valence electrons. The van der Waals surface area contributed by atoms with E-state index in [1.165, 1.54) is 0 Å². The minimum Gasteiger partial charge on any atom is -0.504 e. The summed E-state index contributed by atoms with van der Waals surface area (Å²) in [5.74, 6) is -1.61. The maximum Gasteiger partial charge on any atom is 0.300 e. The molecule has 2 aromatic rings. The Morgan fingerprint density at radius 1 is 1.00 bits per heavy atom. The Hall–Kier alpha value is -3.02. The van der Waals surface area contributed by atoms with Crippen molar-refractivity contribution in [3.63, 3.8) is 0 Å². The third-order valence-electron chi connectivity index (χ3n) is 3.26. The predicted molar refractivity (Wildman–Crippen MR) is 97.2 cm³/mol. The van der Waals surface area contributed by atoms with Gasteiger partial charge in [0.05, 0.1) is 0 Å². The smallest absolute Gasteiger partial charge is 0.300 e. The molecule has 0 spiro atoms. The summed E-state index contributed by atoms with van der Waals surface area (Å²) in [5.41, 5.74) is 1.74. The number of hydrogen-bond donors (Lipinski definition) is 4. The molecule has 6 heteroatoms. The van der Waals surface area contributed by atoms with Gasteiger partial charge in [-0.15, -0.1) is 6.58 Å². The van der Waals surface area contributed by atoms with Crippen molar-refractivity contribution in [1.29, 1.82) is 0 Å². The summed E-state index contributed by atoms with van der Waals surface area (Å²) < 4.78 is 0. The number of carbonyl (C=O) groups is 2. The Morgan fingerprint density at radius 3 is 1.80 bits per heavy atom. The molecule has 0 bridgehead atoms. The van der Waals surface area contributed by atoms with Crippen molar-refractivity contribution in [2.24, 2.45) is 0 Å². The minimum atomic E-state index is -0.833. The molecule has 0 aliphatic heterocycles. The molecule has 4 N–H and O–H groups in total. The normalized spacial score (nSPS) is 10.6. The SMILES string of the molecule is C=CC(C)c1c(C)c(O)c(O)c2ccccc12.CC(=O)O.CC(=O)O. The molecule has 1 unspecified atom stereocenters. The second-order valence-electron chi connectivity index (χ2n) is 5.34. The lowest BCUT2D eigenvalue weighted by atomic mass is 9.89. The zero-order chi connectivity index (χ0) is 19.7. The van der Waals surface area contributed by atoms with E-state index in [2.05, 4.69) is 6.58 Å². The molecule has 2 aromatic carbocycles. The molecule has 0 fully saturated rings. The summed E-state index contributed by atoms with van der Waals surface area (Å²) in [7, 11) is 0. The van der Waals surface area contributed by atoms with Crippen molar-refractivity contribution in [2.45, 2.75) is 33.6 Å². The maximum absolute atomic E-state index is 9.95. The largest absolute Gasteiger partial charge is 0.504 e. The zero-order valence-corrected chi connectivity index (χ0v) is 14.8. The monoisotopic (exact) mass is 348 g/mol. The molecule has 6 nitrogen and oxygen atoms in total. The van der Waals surface area contributed by atoms with E-state index in [4.69, 9.17) is 19.8 Å². The van der Waals surface area contributed by atoms with E-state index in [9.17, 15) is 10.2 Å². The van der Waals surface area contributed by atoms with Crippen LogP contribution in [-0.4, -0.2) is 32.4 Å². The number of carboxylic acid groups (broad SMARTS) is 2. The fourth-order valence-electron chi connectivity index (χ4n) is 2.26. The number of rotatable bonds is 2. The van der Waals surface area contributed by atoms with Crippen molar-refractivity contribution in [3.05, 3.63) is 48.0 Å². The molecule has 25 heavy (non-hydrogen) atoms. The lowest BCUT2D eigenvalue weighted by Gasteiger charge is -2.17. The molecule has 0 radical (unpaired) electrons. The predicted octanol–water partition coefficient (Wildman–Crippen LogP) is 4.03. The number of carboxylic acids is 2. The molecule has 1 atom stereocenters. The van der Waals surface area contributed by atoms with Crippen LogP contribution in [0, 0.1) is 6.92 Å². The fourth-order valence-corrected chi connectivity index (χ4v) is 2.26. The van der Waals surface area contributed by atoms with E-state index in [0.717, 1.165) is 24.8 Å². The number of aromatic hydroxyl groups is 2. The van der Waals surface area contributed by atoms with Gasteiger partial charge >= 0.3 is 0 Å². The van der Waals surface area contributed by atoms with Crippen molar-refractivity contribution in [3.8, 4) is 11.5 Å². The lowest BCUT2D eigenvalue weighted by molar-refractivity contribution is -0.135. The zero-order valence-electron chi connectivity index (χ0n) is 14.8. The summed E-state index contributed by atoms with van der Waals surface area (Å²) >= 11 is 0. The van der Waals surface area contributed by atoms with Gasteiger partial charge in [-0.2, -0.15) is 0 Å². The summed E-state index contributed by atoms with van der Waals surface area (Å²) in [6, 6.07) is 7.54. The van der Waals surface area contributed by atoms with Crippen molar-refractivity contribution in [2.75, 3.05) is 0 Å². The molecule has 0 saturated carbocycles. The number of benzene rings is 2. The van der Waals surface area contributed by atoms with Gasteiger partial charge in [0.2, 0.25) is 0 Å².